The number of nitrogens with zero attached hydrogens (tertiary/aromatic N) is 1. The third kappa shape index (κ3) is 5.23. The Bertz CT molecular complexity index is 533. The maximum atomic E-state index is 12.8. The number of ether oxygens (including phenoxy) is 1. The molecule has 0 aliphatic carbocycles. The summed E-state index contributed by atoms with van der Waals surface area (Å²) in [6.45, 7) is 3.64. The predicted molar refractivity (Wildman–Crippen MR) is 84.4 cm³/mol. The molecule has 2 amide bonds. The van der Waals surface area contributed by atoms with E-state index in [2.05, 4.69) is 5.32 Å². The molecule has 1 heterocycles. The summed E-state index contributed by atoms with van der Waals surface area (Å²) in [6.07, 6.45) is 1.88. The molecule has 1 unspecified atom stereocenters. The van der Waals surface area contributed by atoms with E-state index in [1.807, 2.05) is 0 Å². The molecule has 126 valence electrons. The third-order valence-corrected chi connectivity index (χ3v) is 3.94. The molecule has 23 heavy (non-hydrogen) atoms. The van der Waals surface area contributed by atoms with Crippen molar-refractivity contribution in [3.05, 3.63) is 35.6 Å². The Labute approximate surface area is 135 Å². The van der Waals surface area contributed by atoms with Gasteiger partial charge in [-0.3, -0.25) is 4.79 Å². The molecule has 0 radical (unpaired) electrons. The Morgan fingerprint density at radius 1 is 1.35 bits per heavy atom. The Morgan fingerprint density at radius 3 is 2.78 bits per heavy atom. The first-order valence-electron chi connectivity index (χ1n) is 8.04. The third-order valence-electron chi connectivity index (χ3n) is 3.94. The van der Waals surface area contributed by atoms with Crippen molar-refractivity contribution in [2.24, 2.45) is 5.92 Å². The van der Waals surface area contributed by atoms with Gasteiger partial charge in [-0.15, -0.1) is 0 Å². The zero-order chi connectivity index (χ0) is 16.7. The topological polar surface area (TPSA) is 58.6 Å². The van der Waals surface area contributed by atoms with Crippen LogP contribution in [-0.4, -0.2) is 43.1 Å². The van der Waals surface area contributed by atoms with Crippen LogP contribution in [0.15, 0.2) is 24.3 Å². The maximum Gasteiger partial charge on any atom is 0.409 e. The van der Waals surface area contributed by atoms with Crippen molar-refractivity contribution >= 4 is 12.0 Å². The van der Waals surface area contributed by atoms with Crippen LogP contribution in [0.2, 0.25) is 0 Å². The van der Waals surface area contributed by atoms with E-state index >= 15 is 0 Å². The van der Waals surface area contributed by atoms with Crippen molar-refractivity contribution < 1.29 is 18.7 Å². The molecule has 1 aromatic rings. The molecule has 2 rings (SSSR count). The van der Waals surface area contributed by atoms with Crippen molar-refractivity contribution in [2.45, 2.75) is 26.2 Å². The van der Waals surface area contributed by atoms with Crippen LogP contribution in [0.1, 0.15) is 25.3 Å². The summed E-state index contributed by atoms with van der Waals surface area (Å²) < 4.78 is 17.8. The number of hydrogen-bond donors (Lipinski definition) is 1. The van der Waals surface area contributed by atoms with Gasteiger partial charge in [0.15, 0.2) is 0 Å². The van der Waals surface area contributed by atoms with Crippen molar-refractivity contribution in [1.29, 1.82) is 0 Å². The Hall–Kier alpha value is -2.11. The second kappa shape index (κ2) is 8.50. The van der Waals surface area contributed by atoms with Crippen molar-refractivity contribution in [2.75, 3.05) is 26.2 Å². The SMILES string of the molecule is CCOC(=O)N1CCCC(C(=O)NCCc2ccc(F)cc2)C1. The number of amides is 2. The molecule has 1 N–H and O–H groups in total. The molecule has 0 saturated carbocycles. The van der Waals surface area contributed by atoms with E-state index in [0.29, 0.717) is 32.7 Å². The van der Waals surface area contributed by atoms with Gasteiger partial charge in [-0.05, 0) is 43.9 Å². The largest absolute Gasteiger partial charge is 0.450 e. The standard InChI is InChI=1S/C17H23FN2O3/c1-2-23-17(22)20-11-3-4-14(12-20)16(21)19-10-9-13-5-7-15(18)8-6-13/h5-8,14H,2-4,9-12H2,1H3,(H,19,21). The van der Waals surface area contributed by atoms with E-state index in [1.54, 1.807) is 24.0 Å². The van der Waals surface area contributed by atoms with Crippen LogP contribution in [-0.2, 0) is 16.0 Å². The average Bonchev–Trinajstić information content (AvgIpc) is 2.57. The fraction of sp³-hybridized carbons (Fsp3) is 0.529. The van der Waals surface area contributed by atoms with E-state index in [4.69, 9.17) is 4.74 Å². The van der Waals surface area contributed by atoms with Gasteiger partial charge in [0.1, 0.15) is 5.82 Å². The van der Waals surface area contributed by atoms with Crippen molar-refractivity contribution in [3.8, 4) is 0 Å². The lowest BCUT2D eigenvalue weighted by Crippen LogP contribution is -2.45. The van der Waals surface area contributed by atoms with Gasteiger partial charge in [0.05, 0.1) is 12.5 Å². The molecule has 5 nitrogen and oxygen atoms in total. The normalized spacial score (nSPS) is 17.7. The molecule has 0 bridgehead atoms. The quantitative estimate of drug-likeness (QED) is 0.905. The van der Waals surface area contributed by atoms with Crippen molar-refractivity contribution in [1.82, 2.24) is 10.2 Å². The van der Waals surface area contributed by atoms with Crippen LogP contribution in [0.3, 0.4) is 0 Å². The summed E-state index contributed by atoms with van der Waals surface area (Å²) in [4.78, 5) is 25.5. The fourth-order valence-electron chi connectivity index (χ4n) is 2.70. The Morgan fingerprint density at radius 2 is 2.09 bits per heavy atom. The minimum Gasteiger partial charge on any atom is -0.450 e. The van der Waals surface area contributed by atoms with Crippen LogP contribution in [0, 0.1) is 11.7 Å². The number of likely N-dealkylation sites (tertiary alicyclic amines) is 1. The van der Waals surface area contributed by atoms with E-state index in [0.717, 1.165) is 18.4 Å². The first kappa shape index (κ1) is 17.2. The second-order valence-corrected chi connectivity index (χ2v) is 5.65. The molecule has 1 saturated heterocycles. The number of benzene rings is 1. The summed E-state index contributed by atoms with van der Waals surface area (Å²) in [5.74, 6) is -0.499. The zero-order valence-electron chi connectivity index (χ0n) is 13.4. The highest BCUT2D eigenvalue weighted by Crippen LogP contribution is 2.17. The smallest absolute Gasteiger partial charge is 0.409 e. The molecule has 1 fully saturated rings. The number of carbonyl (C=O) groups is 2. The second-order valence-electron chi connectivity index (χ2n) is 5.65. The lowest BCUT2D eigenvalue weighted by Gasteiger charge is -2.31. The van der Waals surface area contributed by atoms with E-state index in [-0.39, 0.29) is 23.7 Å². The van der Waals surface area contributed by atoms with Gasteiger partial charge in [0, 0.05) is 19.6 Å². The Kier molecular flexibility index (Phi) is 6.38. The van der Waals surface area contributed by atoms with E-state index in [1.165, 1.54) is 12.1 Å². The Balaban J connectivity index is 1.76. The first-order chi connectivity index (χ1) is 11.1. The van der Waals surface area contributed by atoms with Gasteiger partial charge in [0.25, 0.3) is 0 Å². The molecular formula is C17H23FN2O3. The number of rotatable bonds is 5. The number of piperidine rings is 1. The monoisotopic (exact) mass is 322 g/mol. The number of nitrogens with one attached hydrogen (secondary N) is 1. The molecule has 0 aromatic heterocycles. The van der Waals surface area contributed by atoms with E-state index < -0.39 is 0 Å². The summed E-state index contributed by atoms with van der Waals surface area (Å²) in [7, 11) is 0. The highest BCUT2D eigenvalue weighted by atomic mass is 19.1. The zero-order valence-corrected chi connectivity index (χ0v) is 13.4. The fourth-order valence-corrected chi connectivity index (χ4v) is 2.70. The minimum absolute atomic E-state index is 0.0406. The van der Waals surface area contributed by atoms with Crippen LogP contribution in [0.5, 0.6) is 0 Å². The minimum atomic E-state index is -0.351. The van der Waals surface area contributed by atoms with Gasteiger partial charge in [0.2, 0.25) is 5.91 Å². The summed E-state index contributed by atoms with van der Waals surface area (Å²) in [5.41, 5.74) is 0.975. The summed E-state index contributed by atoms with van der Waals surface area (Å²) >= 11 is 0. The van der Waals surface area contributed by atoms with Gasteiger partial charge < -0.3 is 15.0 Å². The van der Waals surface area contributed by atoms with Crippen LogP contribution in [0.25, 0.3) is 0 Å². The molecule has 6 heteroatoms. The van der Waals surface area contributed by atoms with E-state index in [9.17, 15) is 14.0 Å². The van der Waals surface area contributed by atoms with Crippen LogP contribution >= 0.6 is 0 Å². The molecule has 0 spiro atoms. The molecule has 1 aromatic carbocycles. The molecule has 1 aliphatic rings. The molecule has 1 aliphatic heterocycles. The van der Waals surface area contributed by atoms with Crippen LogP contribution in [0.4, 0.5) is 9.18 Å². The number of carbonyl (C=O) groups excluding carboxylic acids is 2. The van der Waals surface area contributed by atoms with Gasteiger partial charge in [-0.2, -0.15) is 0 Å². The lowest BCUT2D eigenvalue weighted by molar-refractivity contribution is -0.126. The van der Waals surface area contributed by atoms with Gasteiger partial charge in [-0.1, -0.05) is 12.1 Å². The number of halogens is 1. The van der Waals surface area contributed by atoms with Gasteiger partial charge >= 0.3 is 6.09 Å². The highest BCUT2D eigenvalue weighted by molar-refractivity contribution is 5.80. The van der Waals surface area contributed by atoms with Crippen molar-refractivity contribution in [3.63, 3.8) is 0 Å². The molecular weight excluding hydrogens is 299 g/mol. The highest BCUT2D eigenvalue weighted by Gasteiger charge is 2.28. The van der Waals surface area contributed by atoms with Crippen LogP contribution < -0.4 is 5.32 Å². The summed E-state index contributed by atoms with van der Waals surface area (Å²) in [5, 5.41) is 2.90. The predicted octanol–water partition coefficient (Wildman–Crippen LogP) is 2.35. The maximum absolute atomic E-state index is 12.8. The average molecular weight is 322 g/mol. The summed E-state index contributed by atoms with van der Waals surface area (Å²) in [6, 6.07) is 6.25. The first-order valence-corrected chi connectivity index (χ1v) is 8.04. The molecule has 1 atom stereocenters. The van der Waals surface area contributed by atoms with Gasteiger partial charge in [-0.25, -0.2) is 9.18 Å². The lowest BCUT2D eigenvalue weighted by atomic mass is 9.97. The number of hydrogen-bond acceptors (Lipinski definition) is 3.